The predicted molar refractivity (Wildman–Crippen MR) is 61.3 cm³/mol. The van der Waals surface area contributed by atoms with Crippen molar-refractivity contribution in [3.63, 3.8) is 0 Å². The lowest BCUT2D eigenvalue weighted by atomic mass is 10.3. The predicted octanol–water partition coefficient (Wildman–Crippen LogP) is 1.28. The lowest BCUT2D eigenvalue weighted by molar-refractivity contribution is 0.197. The molecule has 0 aliphatic carbocycles. The molecule has 5 heteroatoms. The molecule has 0 saturated carbocycles. The molecule has 1 aromatic heterocycles. The molecular formula is C10H18N4O. The third-order valence-electron chi connectivity index (χ3n) is 2.01. The number of aromatic nitrogens is 2. The summed E-state index contributed by atoms with van der Waals surface area (Å²) in [4.78, 5) is 8.43. The Morgan fingerprint density at radius 1 is 1.47 bits per heavy atom. The summed E-state index contributed by atoms with van der Waals surface area (Å²) in [5.41, 5.74) is 1.05. The molecule has 0 spiro atoms. The van der Waals surface area contributed by atoms with E-state index in [9.17, 15) is 0 Å². The van der Waals surface area contributed by atoms with Crippen LogP contribution in [0.1, 0.15) is 12.0 Å². The van der Waals surface area contributed by atoms with Crippen molar-refractivity contribution < 1.29 is 4.74 Å². The number of nitrogens with one attached hydrogen (secondary N) is 2. The summed E-state index contributed by atoms with van der Waals surface area (Å²) in [6.45, 7) is 3.60. The van der Waals surface area contributed by atoms with E-state index in [0.29, 0.717) is 5.95 Å². The molecule has 0 fully saturated rings. The van der Waals surface area contributed by atoms with Gasteiger partial charge in [-0.2, -0.15) is 4.98 Å². The highest BCUT2D eigenvalue weighted by molar-refractivity contribution is 5.46. The second kappa shape index (κ2) is 6.19. The van der Waals surface area contributed by atoms with Crippen LogP contribution in [0.3, 0.4) is 0 Å². The van der Waals surface area contributed by atoms with Crippen LogP contribution in [-0.2, 0) is 4.74 Å². The fourth-order valence-electron chi connectivity index (χ4n) is 1.16. The van der Waals surface area contributed by atoms with Crippen LogP contribution in [0.25, 0.3) is 0 Å². The van der Waals surface area contributed by atoms with Crippen LogP contribution in [0.4, 0.5) is 11.8 Å². The van der Waals surface area contributed by atoms with Gasteiger partial charge in [0.15, 0.2) is 0 Å². The van der Waals surface area contributed by atoms with Gasteiger partial charge >= 0.3 is 0 Å². The van der Waals surface area contributed by atoms with Crippen LogP contribution in [0.2, 0.25) is 0 Å². The van der Waals surface area contributed by atoms with Gasteiger partial charge in [0.2, 0.25) is 5.95 Å². The summed E-state index contributed by atoms with van der Waals surface area (Å²) in [6, 6.07) is 0. The summed E-state index contributed by atoms with van der Waals surface area (Å²) in [5.74, 6) is 1.51. The van der Waals surface area contributed by atoms with E-state index in [2.05, 4.69) is 20.6 Å². The SMILES string of the molecule is CNc1ncc(C)c(NCCCOC)n1. The zero-order chi connectivity index (χ0) is 11.1. The molecule has 15 heavy (non-hydrogen) atoms. The summed E-state index contributed by atoms with van der Waals surface area (Å²) >= 11 is 0. The van der Waals surface area contributed by atoms with Crippen molar-refractivity contribution in [1.82, 2.24) is 9.97 Å². The van der Waals surface area contributed by atoms with Crippen molar-refractivity contribution in [2.75, 3.05) is 37.9 Å². The molecule has 0 aromatic carbocycles. The van der Waals surface area contributed by atoms with Gasteiger partial charge in [0, 0.05) is 39.1 Å². The average Bonchev–Trinajstić information content (AvgIpc) is 2.26. The van der Waals surface area contributed by atoms with Gasteiger partial charge in [-0.05, 0) is 13.3 Å². The molecule has 0 unspecified atom stereocenters. The number of hydrogen-bond donors (Lipinski definition) is 2. The van der Waals surface area contributed by atoms with Crippen LogP contribution in [-0.4, -0.2) is 37.3 Å². The Bertz CT molecular complexity index is 303. The van der Waals surface area contributed by atoms with E-state index in [0.717, 1.165) is 31.0 Å². The Kier molecular flexibility index (Phi) is 4.83. The van der Waals surface area contributed by atoms with Crippen molar-refractivity contribution in [3.8, 4) is 0 Å². The van der Waals surface area contributed by atoms with Gasteiger partial charge in [-0.15, -0.1) is 0 Å². The number of anilines is 2. The Morgan fingerprint density at radius 3 is 2.93 bits per heavy atom. The largest absolute Gasteiger partial charge is 0.385 e. The van der Waals surface area contributed by atoms with E-state index in [1.807, 2.05) is 6.92 Å². The minimum atomic E-state index is 0.634. The molecule has 0 aliphatic heterocycles. The number of hydrogen-bond acceptors (Lipinski definition) is 5. The third kappa shape index (κ3) is 3.71. The lowest BCUT2D eigenvalue weighted by Gasteiger charge is -2.09. The second-order valence-corrected chi connectivity index (χ2v) is 3.25. The Morgan fingerprint density at radius 2 is 2.27 bits per heavy atom. The maximum Gasteiger partial charge on any atom is 0.224 e. The summed E-state index contributed by atoms with van der Waals surface area (Å²) in [6.07, 6.45) is 2.77. The maximum absolute atomic E-state index is 4.97. The molecule has 2 N–H and O–H groups in total. The van der Waals surface area contributed by atoms with E-state index in [4.69, 9.17) is 4.74 Å². The first-order valence-corrected chi connectivity index (χ1v) is 5.02. The number of aryl methyl sites for hydroxylation is 1. The molecule has 1 heterocycles. The molecule has 1 aromatic rings. The van der Waals surface area contributed by atoms with Gasteiger partial charge in [0.05, 0.1) is 0 Å². The number of rotatable bonds is 6. The highest BCUT2D eigenvalue weighted by Gasteiger charge is 2.01. The summed E-state index contributed by atoms with van der Waals surface area (Å²) in [7, 11) is 3.51. The first kappa shape index (κ1) is 11.7. The summed E-state index contributed by atoms with van der Waals surface area (Å²) in [5, 5.41) is 6.16. The molecule has 0 amide bonds. The molecule has 0 bridgehead atoms. The standard InChI is InChI=1S/C10H18N4O/c1-8-7-13-10(11-2)14-9(8)12-5-4-6-15-3/h7H,4-6H2,1-3H3,(H2,11,12,13,14). The fraction of sp³-hybridized carbons (Fsp3) is 0.600. The Hall–Kier alpha value is -1.36. The van der Waals surface area contributed by atoms with Gasteiger partial charge in [-0.3, -0.25) is 0 Å². The van der Waals surface area contributed by atoms with Gasteiger partial charge < -0.3 is 15.4 Å². The fourth-order valence-corrected chi connectivity index (χ4v) is 1.16. The molecule has 0 atom stereocenters. The van der Waals surface area contributed by atoms with Crippen molar-refractivity contribution in [2.45, 2.75) is 13.3 Å². The zero-order valence-corrected chi connectivity index (χ0v) is 9.50. The van der Waals surface area contributed by atoms with Crippen LogP contribution in [0.15, 0.2) is 6.20 Å². The quantitative estimate of drug-likeness (QED) is 0.692. The molecule has 5 nitrogen and oxygen atoms in total. The minimum absolute atomic E-state index is 0.634. The van der Waals surface area contributed by atoms with Gasteiger partial charge in [-0.25, -0.2) is 4.98 Å². The van der Waals surface area contributed by atoms with E-state index in [1.165, 1.54) is 0 Å². The molecule has 0 radical (unpaired) electrons. The zero-order valence-electron chi connectivity index (χ0n) is 9.50. The van der Waals surface area contributed by atoms with Gasteiger partial charge in [0.1, 0.15) is 5.82 Å². The molecular weight excluding hydrogens is 192 g/mol. The number of methoxy groups -OCH3 is 1. The van der Waals surface area contributed by atoms with E-state index >= 15 is 0 Å². The topological polar surface area (TPSA) is 59.1 Å². The molecule has 0 saturated heterocycles. The first-order chi connectivity index (χ1) is 7.27. The molecule has 1 rings (SSSR count). The van der Waals surface area contributed by atoms with E-state index in [1.54, 1.807) is 20.4 Å². The van der Waals surface area contributed by atoms with Gasteiger partial charge in [-0.1, -0.05) is 0 Å². The monoisotopic (exact) mass is 210 g/mol. The Balaban J connectivity index is 2.51. The minimum Gasteiger partial charge on any atom is -0.385 e. The average molecular weight is 210 g/mol. The van der Waals surface area contributed by atoms with E-state index in [-0.39, 0.29) is 0 Å². The van der Waals surface area contributed by atoms with Gasteiger partial charge in [0.25, 0.3) is 0 Å². The molecule has 0 aliphatic rings. The lowest BCUT2D eigenvalue weighted by Crippen LogP contribution is -2.09. The van der Waals surface area contributed by atoms with Crippen LogP contribution in [0.5, 0.6) is 0 Å². The van der Waals surface area contributed by atoms with Crippen molar-refractivity contribution in [3.05, 3.63) is 11.8 Å². The smallest absolute Gasteiger partial charge is 0.224 e. The van der Waals surface area contributed by atoms with Crippen LogP contribution in [0, 0.1) is 6.92 Å². The third-order valence-corrected chi connectivity index (χ3v) is 2.01. The molecule has 84 valence electrons. The van der Waals surface area contributed by atoms with Crippen LogP contribution < -0.4 is 10.6 Å². The summed E-state index contributed by atoms with van der Waals surface area (Å²) < 4.78 is 4.97. The maximum atomic E-state index is 4.97. The van der Waals surface area contributed by atoms with Crippen LogP contribution >= 0.6 is 0 Å². The van der Waals surface area contributed by atoms with E-state index < -0.39 is 0 Å². The normalized spacial score (nSPS) is 10.1. The van der Waals surface area contributed by atoms with Crippen molar-refractivity contribution in [1.29, 1.82) is 0 Å². The number of ether oxygens (including phenoxy) is 1. The highest BCUT2D eigenvalue weighted by Crippen LogP contribution is 2.11. The van der Waals surface area contributed by atoms with Crippen molar-refractivity contribution >= 4 is 11.8 Å². The van der Waals surface area contributed by atoms with Crippen molar-refractivity contribution in [2.24, 2.45) is 0 Å². The highest BCUT2D eigenvalue weighted by atomic mass is 16.5. The number of nitrogens with zero attached hydrogens (tertiary/aromatic N) is 2. The second-order valence-electron chi connectivity index (χ2n) is 3.25. The Labute approximate surface area is 90.3 Å². The first-order valence-electron chi connectivity index (χ1n) is 5.02.